The van der Waals surface area contributed by atoms with E-state index in [0.717, 1.165) is 22.2 Å². The summed E-state index contributed by atoms with van der Waals surface area (Å²) >= 11 is 3.53. The molecule has 1 aliphatic heterocycles. The molecule has 0 radical (unpaired) electrons. The molecule has 0 saturated carbocycles. The number of hydrogen-bond donors (Lipinski definition) is 1. The van der Waals surface area contributed by atoms with Gasteiger partial charge in [-0.2, -0.15) is 0 Å². The predicted molar refractivity (Wildman–Crippen MR) is 85.3 cm³/mol. The van der Waals surface area contributed by atoms with E-state index in [2.05, 4.69) is 22.0 Å². The fraction of sp³-hybridized carbons (Fsp3) is 0.562. The second-order valence-electron chi connectivity index (χ2n) is 6.31. The zero-order chi connectivity index (χ0) is 15.6. The van der Waals surface area contributed by atoms with Gasteiger partial charge in [-0.15, -0.1) is 0 Å². The third-order valence-corrected chi connectivity index (χ3v) is 4.26. The molecule has 5 heteroatoms. The predicted octanol–water partition coefficient (Wildman–Crippen LogP) is 3.36. The highest BCUT2D eigenvalue weighted by molar-refractivity contribution is 9.10. The van der Waals surface area contributed by atoms with Gasteiger partial charge < -0.3 is 15.2 Å². The van der Waals surface area contributed by atoms with Crippen molar-refractivity contribution in [3.63, 3.8) is 0 Å². The van der Waals surface area contributed by atoms with Gasteiger partial charge in [0.1, 0.15) is 5.75 Å². The zero-order valence-corrected chi connectivity index (χ0v) is 14.3. The zero-order valence-electron chi connectivity index (χ0n) is 12.7. The van der Waals surface area contributed by atoms with E-state index in [-0.39, 0.29) is 17.4 Å². The Kier molecular flexibility index (Phi) is 4.94. The molecule has 2 N–H and O–H groups in total. The Balaban J connectivity index is 2.17. The molecule has 1 aromatic carbocycles. The van der Waals surface area contributed by atoms with Crippen molar-refractivity contribution in [1.82, 2.24) is 0 Å². The van der Waals surface area contributed by atoms with E-state index in [1.165, 1.54) is 12.7 Å². The highest BCUT2D eigenvalue weighted by Crippen LogP contribution is 2.40. The minimum atomic E-state index is -0.222. The first-order valence-electron chi connectivity index (χ1n) is 7.10. The lowest BCUT2D eigenvalue weighted by molar-refractivity contribution is -0.143. The number of rotatable bonds is 5. The van der Waals surface area contributed by atoms with E-state index in [1.54, 1.807) is 0 Å². The SMILES string of the molecule is COC(=O)CC(C)(C)CC(N)c1cc(Br)cc2c1OCC2. The van der Waals surface area contributed by atoms with Gasteiger partial charge in [0, 0.05) is 22.5 Å². The second kappa shape index (κ2) is 6.36. The number of benzene rings is 1. The number of carbonyl (C=O) groups excluding carboxylic acids is 1. The van der Waals surface area contributed by atoms with Gasteiger partial charge in [0.25, 0.3) is 0 Å². The molecular formula is C16H22BrNO3. The summed E-state index contributed by atoms with van der Waals surface area (Å²) in [4.78, 5) is 11.5. The Morgan fingerprint density at radius 2 is 2.24 bits per heavy atom. The normalized spacial score (nSPS) is 15.3. The molecule has 0 fully saturated rings. The molecule has 0 aliphatic carbocycles. The molecule has 1 heterocycles. The Morgan fingerprint density at radius 1 is 1.52 bits per heavy atom. The summed E-state index contributed by atoms with van der Waals surface area (Å²) in [6.07, 6.45) is 1.96. The van der Waals surface area contributed by atoms with E-state index < -0.39 is 0 Å². The van der Waals surface area contributed by atoms with Crippen LogP contribution >= 0.6 is 15.9 Å². The minimum Gasteiger partial charge on any atom is -0.493 e. The Bertz CT molecular complexity index is 543. The first-order chi connectivity index (χ1) is 9.82. The Labute approximate surface area is 134 Å². The average molecular weight is 356 g/mol. The molecule has 0 bridgehead atoms. The molecule has 1 aliphatic rings. The van der Waals surface area contributed by atoms with Crippen LogP contribution < -0.4 is 10.5 Å². The molecule has 21 heavy (non-hydrogen) atoms. The highest BCUT2D eigenvalue weighted by atomic mass is 79.9. The van der Waals surface area contributed by atoms with E-state index >= 15 is 0 Å². The number of ether oxygens (including phenoxy) is 2. The first-order valence-corrected chi connectivity index (χ1v) is 7.89. The largest absolute Gasteiger partial charge is 0.493 e. The van der Waals surface area contributed by atoms with Crippen LogP contribution in [0.1, 0.15) is 43.9 Å². The van der Waals surface area contributed by atoms with Crippen molar-refractivity contribution in [3.8, 4) is 5.75 Å². The van der Waals surface area contributed by atoms with Gasteiger partial charge in [-0.3, -0.25) is 4.79 Å². The van der Waals surface area contributed by atoms with Gasteiger partial charge in [0.15, 0.2) is 0 Å². The van der Waals surface area contributed by atoms with E-state index in [0.29, 0.717) is 19.4 Å². The van der Waals surface area contributed by atoms with Gasteiger partial charge in [-0.25, -0.2) is 0 Å². The van der Waals surface area contributed by atoms with Crippen LogP contribution in [0.2, 0.25) is 0 Å². The summed E-state index contributed by atoms with van der Waals surface area (Å²) in [5.41, 5.74) is 8.37. The summed E-state index contributed by atoms with van der Waals surface area (Å²) in [7, 11) is 1.41. The summed E-state index contributed by atoms with van der Waals surface area (Å²) in [5.74, 6) is 0.711. The van der Waals surface area contributed by atoms with Crippen molar-refractivity contribution in [1.29, 1.82) is 0 Å². The quantitative estimate of drug-likeness (QED) is 0.822. The number of hydrogen-bond acceptors (Lipinski definition) is 4. The van der Waals surface area contributed by atoms with Crippen LogP contribution in [-0.4, -0.2) is 19.7 Å². The van der Waals surface area contributed by atoms with Crippen molar-refractivity contribution in [3.05, 3.63) is 27.7 Å². The van der Waals surface area contributed by atoms with Crippen molar-refractivity contribution in [2.45, 2.75) is 39.2 Å². The minimum absolute atomic E-state index is 0.172. The van der Waals surface area contributed by atoms with Gasteiger partial charge in [-0.05, 0) is 29.5 Å². The molecule has 0 saturated heterocycles. The third-order valence-electron chi connectivity index (χ3n) is 3.80. The van der Waals surface area contributed by atoms with E-state index in [9.17, 15) is 4.79 Å². The third kappa shape index (κ3) is 3.98. The monoisotopic (exact) mass is 355 g/mol. The van der Waals surface area contributed by atoms with Crippen LogP contribution in [0.4, 0.5) is 0 Å². The van der Waals surface area contributed by atoms with Crippen LogP contribution in [0.25, 0.3) is 0 Å². The molecule has 0 amide bonds. The number of halogens is 1. The molecule has 1 unspecified atom stereocenters. The Morgan fingerprint density at radius 3 is 2.90 bits per heavy atom. The average Bonchev–Trinajstić information content (AvgIpc) is 2.84. The van der Waals surface area contributed by atoms with Gasteiger partial charge in [0.2, 0.25) is 0 Å². The number of fused-ring (bicyclic) bond motifs is 1. The molecule has 0 aromatic heterocycles. The molecule has 116 valence electrons. The molecular weight excluding hydrogens is 334 g/mol. The number of esters is 1. The Hall–Kier alpha value is -1.07. The van der Waals surface area contributed by atoms with Gasteiger partial charge in [-0.1, -0.05) is 29.8 Å². The van der Waals surface area contributed by atoms with Crippen molar-refractivity contribution >= 4 is 21.9 Å². The number of carbonyl (C=O) groups is 1. The summed E-state index contributed by atoms with van der Waals surface area (Å²) in [6, 6.07) is 3.93. The maximum atomic E-state index is 11.5. The van der Waals surface area contributed by atoms with Crippen molar-refractivity contribution in [2.24, 2.45) is 11.1 Å². The van der Waals surface area contributed by atoms with Crippen LogP contribution in [-0.2, 0) is 16.0 Å². The van der Waals surface area contributed by atoms with Gasteiger partial charge >= 0.3 is 5.97 Å². The van der Waals surface area contributed by atoms with Gasteiger partial charge in [0.05, 0.1) is 20.1 Å². The maximum absolute atomic E-state index is 11.5. The van der Waals surface area contributed by atoms with Crippen LogP contribution in [0.15, 0.2) is 16.6 Å². The van der Waals surface area contributed by atoms with Crippen LogP contribution in [0.5, 0.6) is 5.75 Å². The fourth-order valence-electron chi connectivity index (χ4n) is 2.81. The summed E-state index contributed by atoms with van der Waals surface area (Å²) < 4.78 is 11.5. The molecule has 1 aromatic rings. The maximum Gasteiger partial charge on any atom is 0.306 e. The van der Waals surface area contributed by atoms with E-state index in [4.69, 9.17) is 15.2 Å². The molecule has 1 atom stereocenters. The van der Waals surface area contributed by atoms with E-state index in [1.807, 2.05) is 19.9 Å². The number of nitrogens with two attached hydrogens (primary N) is 1. The molecule has 0 spiro atoms. The van der Waals surface area contributed by atoms with Crippen molar-refractivity contribution in [2.75, 3.05) is 13.7 Å². The molecule has 2 rings (SSSR count). The second-order valence-corrected chi connectivity index (χ2v) is 7.23. The van der Waals surface area contributed by atoms with Crippen molar-refractivity contribution < 1.29 is 14.3 Å². The lowest BCUT2D eigenvalue weighted by Crippen LogP contribution is -2.25. The lowest BCUT2D eigenvalue weighted by Gasteiger charge is -2.27. The standard InChI is InChI=1S/C16H22BrNO3/c1-16(2,9-14(19)20-3)8-13(18)12-7-11(17)6-10-4-5-21-15(10)12/h6-7,13H,4-5,8-9,18H2,1-3H3. The smallest absolute Gasteiger partial charge is 0.306 e. The summed E-state index contributed by atoms with van der Waals surface area (Å²) in [6.45, 7) is 4.77. The molecule has 4 nitrogen and oxygen atoms in total. The highest BCUT2D eigenvalue weighted by Gasteiger charge is 2.29. The lowest BCUT2D eigenvalue weighted by atomic mass is 9.80. The first kappa shape index (κ1) is 16.3. The summed E-state index contributed by atoms with van der Waals surface area (Å²) in [5, 5.41) is 0. The van der Waals surface area contributed by atoms with Crippen LogP contribution in [0.3, 0.4) is 0 Å². The number of methoxy groups -OCH3 is 1. The van der Waals surface area contributed by atoms with Crippen LogP contribution in [0, 0.1) is 5.41 Å². The topological polar surface area (TPSA) is 61.5 Å². The fourth-order valence-corrected chi connectivity index (χ4v) is 3.34.